The summed E-state index contributed by atoms with van der Waals surface area (Å²) < 4.78 is 13.1. The zero-order valence-corrected chi connectivity index (χ0v) is 9.95. The van der Waals surface area contributed by atoms with Crippen LogP contribution in [0.1, 0.15) is 18.1 Å². The summed E-state index contributed by atoms with van der Waals surface area (Å²) in [6.07, 6.45) is 0. The van der Waals surface area contributed by atoms with Gasteiger partial charge in [-0.1, -0.05) is 13.0 Å². The maximum atomic E-state index is 13.1. The second-order valence-corrected chi connectivity index (χ2v) is 3.89. The molecule has 0 saturated carbocycles. The third-order valence-corrected chi connectivity index (χ3v) is 2.61. The number of nitrogens with two attached hydrogens (primary N) is 2. The Balaban J connectivity index is 2.84. The van der Waals surface area contributed by atoms with Crippen LogP contribution >= 0.6 is 0 Å². The molecule has 0 aliphatic heterocycles. The average Bonchev–Trinajstić information content (AvgIpc) is 2.28. The van der Waals surface area contributed by atoms with E-state index in [0.29, 0.717) is 19.6 Å². The van der Waals surface area contributed by atoms with Crippen molar-refractivity contribution in [3.05, 3.63) is 35.1 Å². The number of halogens is 1. The molecule has 5 heteroatoms. The molecule has 0 aromatic heterocycles. The molecule has 1 aromatic carbocycles. The first-order chi connectivity index (χ1) is 8.06. The molecule has 0 radical (unpaired) electrons. The molecule has 0 fully saturated rings. The Kier molecular flexibility index (Phi) is 5.06. The molecule has 4 N–H and O–H groups in total. The zero-order chi connectivity index (χ0) is 12.8. The molecule has 1 rings (SSSR count). The molecular weight excluding hydrogens is 221 g/mol. The van der Waals surface area contributed by atoms with Crippen LogP contribution in [0.5, 0.6) is 0 Å². The molecule has 0 saturated heterocycles. The largest absolute Gasteiger partial charge is 0.369 e. The molecule has 94 valence electrons. The van der Waals surface area contributed by atoms with Gasteiger partial charge < -0.3 is 11.5 Å². The summed E-state index contributed by atoms with van der Waals surface area (Å²) in [4.78, 5) is 12.7. The summed E-state index contributed by atoms with van der Waals surface area (Å²) in [6.45, 7) is 3.58. The van der Waals surface area contributed by atoms with Crippen molar-refractivity contribution in [3.8, 4) is 0 Å². The molecule has 0 aliphatic carbocycles. The van der Waals surface area contributed by atoms with Crippen LogP contribution in [0, 0.1) is 5.82 Å². The van der Waals surface area contributed by atoms with Crippen LogP contribution in [0.25, 0.3) is 0 Å². The minimum atomic E-state index is -0.391. The van der Waals surface area contributed by atoms with Crippen LogP contribution in [0.3, 0.4) is 0 Å². The number of carbonyl (C=O) groups is 1. The summed E-state index contributed by atoms with van der Waals surface area (Å²) in [5.41, 5.74) is 12.4. The van der Waals surface area contributed by atoms with Gasteiger partial charge in [-0.3, -0.25) is 9.69 Å². The molecule has 0 heterocycles. The van der Waals surface area contributed by atoms with Crippen LogP contribution in [0.15, 0.2) is 18.2 Å². The van der Waals surface area contributed by atoms with E-state index in [4.69, 9.17) is 11.5 Å². The number of benzene rings is 1. The lowest BCUT2D eigenvalue weighted by atomic mass is 10.1. The monoisotopic (exact) mass is 239 g/mol. The highest BCUT2D eigenvalue weighted by Gasteiger charge is 2.10. The van der Waals surface area contributed by atoms with Gasteiger partial charge in [-0.15, -0.1) is 0 Å². The van der Waals surface area contributed by atoms with Gasteiger partial charge in [0.05, 0.1) is 6.54 Å². The highest BCUT2D eigenvalue weighted by molar-refractivity contribution is 5.75. The van der Waals surface area contributed by atoms with Gasteiger partial charge in [0.2, 0.25) is 5.91 Å². The predicted octanol–water partition coefficient (Wildman–Crippen LogP) is 0.592. The van der Waals surface area contributed by atoms with E-state index in [0.717, 1.165) is 11.1 Å². The van der Waals surface area contributed by atoms with E-state index in [1.54, 1.807) is 6.07 Å². The summed E-state index contributed by atoms with van der Waals surface area (Å²) in [5.74, 6) is -0.690. The van der Waals surface area contributed by atoms with Gasteiger partial charge in [-0.2, -0.15) is 0 Å². The summed E-state index contributed by atoms with van der Waals surface area (Å²) >= 11 is 0. The van der Waals surface area contributed by atoms with E-state index in [2.05, 4.69) is 0 Å². The van der Waals surface area contributed by atoms with E-state index in [1.165, 1.54) is 12.1 Å². The third-order valence-electron chi connectivity index (χ3n) is 2.61. The highest BCUT2D eigenvalue weighted by atomic mass is 19.1. The molecule has 1 aromatic rings. The van der Waals surface area contributed by atoms with Crippen molar-refractivity contribution in [2.75, 3.05) is 13.1 Å². The number of hydrogen-bond acceptors (Lipinski definition) is 3. The van der Waals surface area contributed by atoms with Crippen molar-refractivity contribution in [3.63, 3.8) is 0 Å². The van der Waals surface area contributed by atoms with Crippen molar-refractivity contribution in [1.82, 2.24) is 4.90 Å². The summed E-state index contributed by atoms with van der Waals surface area (Å²) in [7, 11) is 0. The van der Waals surface area contributed by atoms with Crippen molar-refractivity contribution in [2.24, 2.45) is 11.5 Å². The smallest absolute Gasteiger partial charge is 0.231 e. The topological polar surface area (TPSA) is 72.3 Å². The number of amides is 1. The maximum Gasteiger partial charge on any atom is 0.231 e. The van der Waals surface area contributed by atoms with Gasteiger partial charge in [0.25, 0.3) is 0 Å². The molecule has 0 atom stereocenters. The molecule has 0 aliphatic rings. The van der Waals surface area contributed by atoms with Crippen LogP contribution in [-0.4, -0.2) is 23.9 Å². The van der Waals surface area contributed by atoms with Crippen molar-refractivity contribution in [1.29, 1.82) is 0 Å². The van der Waals surface area contributed by atoms with Crippen molar-refractivity contribution in [2.45, 2.75) is 20.0 Å². The highest BCUT2D eigenvalue weighted by Crippen LogP contribution is 2.13. The lowest BCUT2D eigenvalue weighted by Crippen LogP contribution is -2.33. The first-order valence-electron chi connectivity index (χ1n) is 5.54. The molecule has 0 spiro atoms. The average molecular weight is 239 g/mol. The van der Waals surface area contributed by atoms with Crippen molar-refractivity contribution >= 4 is 5.91 Å². The normalized spacial score (nSPS) is 10.8. The number of rotatable bonds is 6. The van der Waals surface area contributed by atoms with E-state index in [1.807, 2.05) is 11.8 Å². The Morgan fingerprint density at radius 2 is 2.12 bits per heavy atom. The van der Waals surface area contributed by atoms with Gasteiger partial charge in [0, 0.05) is 13.1 Å². The molecular formula is C12H18FN3O. The first kappa shape index (κ1) is 13.6. The fourth-order valence-corrected chi connectivity index (χ4v) is 1.68. The molecule has 0 bridgehead atoms. The van der Waals surface area contributed by atoms with Crippen molar-refractivity contribution < 1.29 is 9.18 Å². The third kappa shape index (κ3) is 4.13. The van der Waals surface area contributed by atoms with Crippen LogP contribution in [0.4, 0.5) is 4.39 Å². The zero-order valence-electron chi connectivity index (χ0n) is 9.95. The second-order valence-electron chi connectivity index (χ2n) is 3.89. The lowest BCUT2D eigenvalue weighted by Gasteiger charge is -2.20. The van der Waals surface area contributed by atoms with Gasteiger partial charge >= 0.3 is 0 Å². The molecule has 1 amide bonds. The SMILES string of the molecule is CCN(CC(N)=O)Cc1cc(F)ccc1CN. The van der Waals surface area contributed by atoms with Crippen LogP contribution in [0.2, 0.25) is 0 Å². The summed E-state index contributed by atoms with van der Waals surface area (Å²) in [6, 6.07) is 4.50. The van der Waals surface area contributed by atoms with Crippen LogP contribution in [-0.2, 0) is 17.9 Å². The van der Waals surface area contributed by atoms with E-state index in [9.17, 15) is 9.18 Å². The molecule has 4 nitrogen and oxygen atoms in total. The number of carbonyl (C=O) groups excluding carboxylic acids is 1. The van der Waals surface area contributed by atoms with E-state index < -0.39 is 5.91 Å². The predicted molar refractivity (Wildman–Crippen MR) is 64.4 cm³/mol. The fourth-order valence-electron chi connectivity index (χ4n) is 1.68. The Labute approximate surface area is 100 Å². The standard InChI is InChI=1S/C12H18FN3O/c1-2-16(8-12(15)17)7-10-5-11(13)4-3-9(10)6-14/h3-5H,2,6-8,14H2,1H3,(H2,15,17). The van der Waals surface area contributed by atoms with Gasteiger partial charge in [-0.05, 0) is 29.8 Å². The van der Waals surface area contributed by atoms with Gasteiger partial charge in [0.15, 0.2) is 0 Å². The second kappa shape index (κ2) is 6.32. The number of primary amides is 1. The quantitative estimate of drug-likeness (QED) is 0.763. The Morgan fingerprint density at radius 1 is 1.41 bits per heavy atom. The minimum Gasteiger partial charge on any atom is -0.369 e. The van der Waals surface area contributed by atoms with Gasteiger partial charge in [-0.25, -0.2) is 4.39 Å². The summed E-state index contributed by atoms with van der Waals surface area (Å²) in [5, 5.41) is 0. The molecule has 0 unspecified atom stereocenters. The fraction of sp³-hybridized carbons (Fsp3) is 0.417. The first-order valence-corrected chi connectivity index (χ1v) is 5.54. The Hall–Kier alpha value is -1.46. The maximum absolute atomic E-state index is 13.1. The minimum absolute atomic E-state index is 0.164. The van der Waals surface area contributed by atoms with E-state index in [-0.39, 0.29) is 12.4 Å². The lowest BCUT2D eigenvalue weighted by molar-refractivity contribution is -0.119. The van der Waals surface area contributed by atoms with Gasteiger partial charge in [0.1, 0.15) is 5.82 Å². The number of likely N-dealkylation sites (N-methyl/N-ethyl adjacent to an activating group) is 1. The Bertz CT molecular complexity index is 395. The van der Waals surface area contributed by atoms with E-state index >= 15 is 0 Å². The van der Waals surface area contributed by atoms with Crippen LogP contribution < -0.4 is 11.5 Å². The number of hydrogen-bond donors (Lipinski definition) is 2. The Morgan fingerprint density at radius 3 is 2.65 bits per heavy atom. The number of nitrogens with zero attached hydrogens (tertiary/aromatic N) is 1. The molecule has 17 heavy (non-hydrogen) atoms.